The number of nitrogens with one attached hydrogen (secondary N) is 1. The lowest BCUT2D eigenvalue weighted by molar-refractivity contribution is 0.571. The van der Waals surface area contributed by atoms with Crippen LogP contribution in [-0.4, -0.2) is 20.6 Å². The maximum Gasteiger partial charge on any atom is 0.0361 e. The van der Waals surface area contributed by atoms with Crippen molar-refractivity contribution in [3.63, 3.8) is 0 Å². The Kier molecular flexibility index (Phi) is 4.63. The van der Waals surface area contributed by atoms with Crippen LogP contribution in [0, 0.1) is 0 Å². The molecular formula is C13H22N2. The van der Waals surface area contributed by atoms with Crippen molar-refractivity contribution in [3.05, 3.63) is 29.8 Å². The highest BCUT2D eigenvalue weighted by molar-refractivity contribution is 5.46. The molecule has 0 saturated heterocycles. The van der Waals surface area contributed by atoms with E-state index in [4.69, 9.17) is 0 Å². The van der Waals surface area contributed by atoms with E-state index in [9.17, 15) is 0 Å². The molecule has 0 fully saturated rings. The van der Waals surface area contributed by atoms with Gasteiger partial charge in [-0.25, -0.2) is 0 Å². The monoisotopic (exact) mass is 206 g/mol. The van der Waals surface area contributed by atoms with Crippen molar-refractivity contribution >= 4 is 5.69 Å². The molecule has 2 heteroatoms. The first-order valence-corrected chi connectivity index (χ1v) is 5.65. The molecule has 0 heterocycles. The highest BCUT2D eigenvalue weighted by Crippen LogP contribution is 2.17. The Bertz CT molecular complexity index is 277. The summed E-state index contributed by atoms with van der Waals surface area (Å²) in [5, 5.41) is 3.48. The second kappa shape index (κ2) is 5.76. The first-order valence-electron chi connectivity index (χ1n) is 5.65. The number of anilines is 1. The van der Waals surface area contributed by atoms with Crippen molar-refractivity contribution in [2.45, 2.75) is 26.3 Å². The van der Waals surface area contributed by atoms with E-state index in [2.05, 4.69) is 62.4 Å². The van der Waals surface area contributed by atoms with Gasteiger partial charge in [-0.1, -0.05) is 19.1 Å². The zero-order valence-electron chi connectivity index (χ0n) is 10.2. The highest BCUT2D eigenvalue weighted by atomic mass is 15.1. The van der Waals surface area contributed by atoms with Gasteiger partial charge in [-0.3, -0.25) is 0 Å². The largest absolute Gasteiger partial charge is 0.378 e. The molecule has 0 bridgehead atoms. The molecule has 1 atom stereocenters. The van der Waals surface area contributed by atoms with Crippen LogP contribution in [0.15, 0.2) is 24.3 Å². The summed E-state index contributed by atoms with van der Waals surface area (Å²) in [6.07, 6.45) is 1.18. The molecule has 84 valence electrons. The minimum Gasteiger partial charge on any atom is -0.378 e. The number of nitrogens with zero attached hydrogens (tertiary/aromatic N) is 1. The Morgan fingerprint density at radius 1 is 1.20 bits per heavy atom. The number of hydrogen-bond donors (Lipinski definition) is 1. The Balaban J connectivity index is 2.62. The summed E-state index contributed by atoms with van der Waals surface area (Å²) in [5.74, 6) is 0. The van der Waals surface area contributed by atoms with Crippen molar-refractivity contribution in [2.75, 3.05) is 25.5 Å². The van der Waals surface area contributed by atoms with Crippen molar-refractivity contribution in [3.8, 4) is 0 Å². The second-order valence-electron chi connectivity index (χ2n) is 4.16. The third-order valence-electron chi connectivity index (χ3n) is 2.61. The van der Waals surface area contributed by atoms with Crippen molar-refractivity contribution in [2.24, 2.45) is 0 Å². The van der Waals surface area contributed by atoms with E-state index in [0.29, 0.717) is 6.04 Å². The quantitative estimate of drug-likeness (QED) is 0.797. The summed E-state index contributed by atoms with van der Waals surface area (Å²) < 4.78 is 0. The van der Waals surface area contributed by atoms with E-state index < -0.39 is 0 Å². The van der Waals surface area contributed by atoms with Crippen LogP contribution in [0.1, 0.15) is 31.9 Å². The summed E-state index contributed by atoms with van der Waals surface area (Å²) in [6, 6.07) is 9.17. The Hall–Kier alpha value is -1.02. The third-order valence-corrected chi connectivity index (χ3v) is 2.61. The van der Waals surface area contributed by atoms with Crippen LogP contribution < -0.4 is 10.2 Å². The van der Waals surface area contributed by atoms with E-state index in [0.717, 1.165) is 6.54 Å². The van der Waals surface area contributed by atoms with Crippen molar-refractivity contribution in [1.82, 2.24) is 5.32 Å². The lowest BCUT2D eigenvalue weighted by atomic mass is 10.1. The zero-order valence-corrected chi connectivity index (χ0v) is 10.2. The summed E-state index contributed by atoms with van der Waals surface area (Å²) in [5.41, 5.74) is 2.61. The molecule has 2 nitrogen and oxygen atoms in total. The topological polar surface area (TPSA) is 15.3 Å². The van der Waals surface area contributed by atoms with E-state index in [1.165, 1.54) is 17.7 Å². The molecule has 1 rings (SSSR count). The van der Waals surface area contributed by atoms with Gasteiger partial charge in [0.25, 0.3) is 0 Å². The molecule has 15 heavy (non-hydrogen) atoms. The summed E-state index contributed by atoms with van der Waals surface area (Å²) in [6.45, 7) is 5.48. The van der Waals surface area contributed by atoms with Crippen LogP contribution in [0.3, 0.4) is 0 Å². The predicted molar refractivity (Wildman–Crippen MR) is 67.5 cm³/mol. The van der Waals surface area contributed by atoms with Crippen molar-refractivity contribution in [1.29, 1.82) is 0 Å². The van der Waals surface area contributed by atoms with E-state index >= 15 is 0 Å². The fourth-order valence-electron chi connectivity index (χ4n) is 1.54. The van der Waals surface area contributed by atoms with Gasteiger partial charge in [0, 0.05) is 25.8 Å². The number of hydrogen-bond acceptors (Lipinski definition) is 2. The number of rotatable bonds is 5. The van der Waals surface area contributed by atoms with Gasteiger partial charge in [0.05, 0.1) is 0 Å². The molecular weight excluding hydrogens is 184 g/mol. The number of benzene rings is 1. The van der Waals surface area contributed by atoms with Gasteiger partial charge in [-0.2, -0.15) is 0 Å². The fraction of sp³-hybridized carbons (Fsp3) is 0.538. The molecule has 0 radical (unpaired) electrons. The van der Waals surface area contributed by atoms with E-state index in [1.807, 2.05) is 0 Å². The first-order chi connectivity index (χ1) is 7.15. The van der Waals surface area contributed by atoms with Crippen LogP contribution in [-0.2, 0) is 0 Å². The highest BCUT2D eigenvalue weighted by Gasteiger charge is 2.03. The average molecular weight is 206 g/mol. The smallest absolute Gasteiger partial charge is 0.0361 e. The normalized spacial score (nSPS) is 12.5. The van der Waals surface area contributed by atoms with Crippen LogP contribution in [0.2, 0.25) is 0 Å². The molecule has 0 saturated carbocycles. The maximum absolute atomic E-state index is 3.48. The van der Waals surface area contributed by atoms with Gasteiger partial charge >= 0.3 is 0 Å². The fourth-order valence-corrected chi connectivity index (χ4v) is 1.54. The molecule has 1 aromatic rings. The Morgan fingerprint density at radius 2 is 1.80 bits per heavy atom. The third kappa shape index (κ3) is 3.56. The van der Waals surface area contributed by atoms with Crippen LogP contribution >= 0.6 is 0 Å². The summed E-state index contributed by atoms with van der Waals surface area (Å²) in [4.78, 5) is 2.12. The van der Waals surface area contributed by atoms with Gasteiger partial charge in [0.1, 0.15) is 0 Å². The lowest BCUT2D eigenvalue weighted by Gasteiger charge is -2.16. The van der Waals surface area contributed by atoms with E-state index in [-0.39, 0.29) is 0 Å². The minimum absolute atomic E-state index is 0.446. The van der Waals surface area contributed by atoms with E-state index in [1.54, 1.807) is 0 Å². The Labute approximate surface area is 93.3 Å². The van der Waals surface area contributed by atoms with Crippen LogP contribution in [0.4, 0.5) is 5.69 Å². The van der Waals surface area contributed by atoms with Gasteiger partial charge in [-0.15, -0.1) is 0 Å². The van der Waals surface area contributed by atoms with Crippen LogP contribution in [0.25, 0.3) is 0 Å². The molecule has 1 aromatic carbocycles. The molecule has 0 aliphatic heterocycles. The zero-order chi connectivity index (χ0) is 11.3. The van der Waals surface area contributed by atoms with Gasteiger partial charge < -0.3 is 10.2 Å². The Morgan fingerprint density at radius 3 is 2.27 bits per heavy atom. The SMILES string of the molecule is CCCN[C@@H](C)c1ccc(N(C)C)cc1. The molecule has 0 aliphatic carbocycles. The molecule has 1 N–H and O–H groups in total. The van der Waals surface area contributed by atoms with Crippen molar-refractivity contribution < 1.29 is 0 Å². The van der Waals surface area contributed by atoms with Gasteiger partial charge in [0.2, 0.25) is 0 Å². The van der Waals surface area contributed by atoms with Gasteiger partial charge in [-0.05, 0) is 37.6 Å². The maximum atomic E-state index is 3.48. The first kappa shape index (κ1) is 12.1. The molecule has 0 unspecified atom stereocenters. The molecule has 0 aromatic heterocycles. The molecule has 0 spiro atoms. The molecule has 0 amide bonds. The lowest BCUT2D eigenvalue weighted by Crippen LogP contribution is -2.19. The minimum atomic E-state index is 0.446. The van der Waals surface area contributed by atoms with Crippen LogP contribution in [0.5, 0.6) is 0 Å². The summed E-state index contributed by atoms with van der Waals surface area (Å²) >= 11 is 0. The molecule has 0 aliphatic rings. The average Bonchev–Trinajstić information content (AvgIpc) is 2.26. The standard InChI is InChI=1S/C13H22N2/c1-5-10-14-11(2)12-6-8-13(9-7-12)15(3)4/h6-9,11,14H,5,10H2,1-4H3/t11-/m0/s1. The second-order valence-corrected chi connectivity index (χ2v) is 4.16. The predicted octanol–water partition coefficient (Wildman–Crippen LogP) is 2.81. The van der Waals surface area contributed by atoms with Gasteiger partial charge in [0.15, 0.2) is 0 Å². The summed E-state index contributed by atoms with van der Waals surface area (Å²) in [7, 11) is 4.13.